The molecule has 0 saturated carbocycles. The first-order valence-corrected chi connectivity index (χ1v) is 9.54. The maximum absolute atomic E-state index is 12.4. The van der Waals surface area contributed by atoms with Crippen LogP contribution in [0.3, 0.4) is 0 Å². The predicted molar refractivity (Wildman–Crippen MR) is 106 cm³/mol. The van der Waals surface area contributed by atoms with Gasteiger partial charge >= 0.3 is 12.2 Å². The molecule has 7 nitrogen and oxygen atoms in total. The van der Waals surface area contributed by atoms with Gasteiger partial charge in [-0.1, -0.05) is 33.1 Å². The molecule has 0 fully saturated rings. The lowest BCUT2D eigenvalue weighted by molar-refractivity contribution is 0.150. The van der Waals surface area contributed by atoms with Gasteiger partial charge in [0.25, 0.3) is 0 Å². The number of primary amides is 1. The molecule has 0 aliphatic carbocycles. The van der Waals surface area contributed by atoms with E-state index >= 15 is 0 Å². The molecular formula is C20H33N3O4. The van der Waals surface area contributed by atoms with Gasteiger partial charge in [0, 0.05) is 12.1 Å². The minimum atomic E-state index is -0.827. The number of nitrogens with one attached hydrogen (secondary N) is 1. The van der Waals surface area contributed by atoms with Crippen LogP contribution in [0.15, 0.2) is 12.1 Å². The van der Waals surface area contributed by atoms with Crippen molar-refractivity contribution in [3.63, 3.8) is 0 Å². The Kier molecular flexibility index (Phi) is 9.64. The zero-order valence-electron chi connectivity index (χ0n) is 16.8. The Morgan fingerprint density at radius 2 is 1.74 bits per heavy atom. The molecule has 2 amide bonds. The van der Waals surface area contributed by atoms with E-state index in [1.807, 2.05) is 13.8 Å². The lowest BCUT2D eigenvalue weighted by atomic mass is 9.99. The molecular weight excluding hydrogens is 346 g/mol. The third-order valence-electron chi connectivity index (χ3n) is 4.41. The summed E-state index contributed by atoms with van der Waals surface area (Å²) in [4.78, 5) is 23.1. The summed E-state index contributed by atoms with van der Waals surface area (Å²) in [6, 6.07) is 3.40. The van der Waals surface area contributed by atoms with Crippen LogP contribution in [-0.4, -0.2) is 24.3 Å². The number of carbonyl (C=O) groups is 2. The fourth-order valence-corrected chi connectivity index (χ4v) is 3.06. The zero-order chi connectivity index (χ0) is 20.4. The molecule has 1 aromatic carbocycles. The lowest BCUT2D eigenvalue weighted by Gasteiger charge is -2.24. The van der Waals surface area contributed by atoms with Gasteiger partial charge in [-0.15, -0.1) is 0 Å². The van der Waals surface area contributed by atoms with Gasteiger partial charge in [0.1, 0.15) is 12.4 Å². The van der Waals surface area contributed by atoms with Crippen molar-refractivity contribution in [3.8, 4) is 5.75 Å². The number of hydrogen-bond acceptors (Lipinski definition) is 5. The van der Waals surface area contributed by atoms with Crippen LogP contribution in [0.1, 0.15) is 62.6 Å². The third kappa shape index (κ3) is 7.86. The zero-order valence-corrected chi connectivity index (χ0v) is 16.8. The standard InChI is InChI=1S/C20H33N3O4/c1-5-7-9-16(21)17(8-6-2)23-20(25)27-18-13(3)10-15(11-14(18)4)12-26-19(22)24/h10-11,16-17H,5-9,12,21H2,1-4H3,(H2,22,24)(H,23,25). The number of carbonyl (C=O) groups excluding carboxylic acids is 2. The minimum Gasteiger partial charge on any atom is -0.445 e. The highest BCUT2D eigenvalue weighted by Crippen LogP contribution is 2.25. The highest BCUT2D eigenvalue weighted by Gasteiger charge is 2.21. The van der Waals surface area contributed by atoms with Crippen LogP contribution in [0.5, 0.6) is 5.75 Å². The van der Waals surface area contributed by atoms with Crippen molar-refractivity contribution in [2.75, 3.05) is 0 Å². The summed E-state index contributed by atoms with van der Waals surface area (Å²) in [6.07, 6.45) is 3.37. The van der Waals surface area contributed by atoms with Gasteiger partial charge < -0.3 is 26.3 Å². The molecule has 0 heterocycles. The summed E-state index contributed by atoms with van der Waals surface area (Å²) in [5.74, 6) is 0.493. The summed E-state index contributed by atoms with van der Waals surface area (Å²) >= 11 is 0. The number of amides is 2. The highest BCUT2D eigenvalue weighted by atomic mass is 16.6. The topological polar surface area (TPSA) is 117 Å². The molecule has 0 bridgehead atoms. The molecule has 0 saturated heterocycles. The molecule has 27 heavy (non-hydrogen) atoms. The van der Waals surface area contributed by atoms with Crippen molar-refractivity contribution in [2.45, 2.75) is 78.5 Å². The number of ether oxygens (including phenoxy) is 2. The Balaban J connectivity index is 2.78. The average Bonchev–Trinajstić information content (AvgIpc) is 2.60. The second-order valence-corrected chi connectivity index (χ2v) is 6.90. The van der Waals surface area contributed by atoms with Crippen molar-refractivity contribution in [2.24, 2.45) is 11.5 Å². The SMILES string of the molecule is CCCCC(N)C(CCC)NC(=O)Oc1c(C)cc(COC(N)=O)cc1C. The molecule has 0 aliphatic heterocycles. The molecule has 0 aromatic heterocycles. The van der Waals surface area contributed by atoms with E-state index in [1.165, 1.54) is 0 Å². The molecule has 5 N–H and O–H groups in total. The van der Waals surface area contributed by atoms with Crippen molar-refractivity contribution in [1.29, 1.82) is 0 Å². The number of rotatable bonds is 10. The first-order chi connectivity index (χ1) is 12.8. The van der Waals surface area contributed by atoms with Crippen molar-refractivity contribution >= 4 is 12.2 Å². The van der Waals surface area contributed by atoms with Crippen LogP contribution in [0.2, 0.25) is 0 Å². The van der Waals surface area contributed by atoms with Crippen LogP contribution in [-0.2, 0) is 11.3 Å². The Morgan fingerprint density at radius 3 is 2.26 bits per heavy atom. The molecule has 2 unspecified atom stereocenters. The highest BCUT2D eigenvalue weighted by molar-refractivity contribution is 5.72. The summed E-state index contributed by atoms with van der Waals surface area (Å²) in [5, 5.41) is 2.91. The molecule has 0 radical (unpaired) electrons. The van der Waals surface area contributed by atoms with E-state index in [4.69, 9.17) is 20.9 Å². The third-order valence-corrected chi connectivity index (χ3v) is 4.41. The van der Waals surface area contributed by atoms with Crippen LogP contribution >= 0.6 is 0 Å². The molecule has 1 rings (SSSR count). The van der Waals surface area contributed by atoms with Crippen LogP contribution in [0.4, 0.5) is 9.59 Å². The van der Waals surface area contributed by atoms with E-state index in [0.29, 0.717) is 5.75 Å². The Bertz CT molecular complexity index is 611. The predicted octanol–water partition coefficient (Wildman–Crippen LogP) is 3.67. The minimum absolute atomic E-state index is 0.0777. The monoisotopic (exact) mass is 379 g/mol. The van der Waals surface area contributed by atoms with E-state index in [-0.39, 0.29) is 18.7 Å². The molecule has 1 aromatic rings. The van der Waals surface area contributed by atoms with Crippen LogP contribution in [0, 0.1) is 13.8 Å². The summed E-state index contributed by atoms with van der Waals surface area (Å²) < 4.78 is 10.4. The second-order valence-electron chi connectivity index (χ2n) is 6.90. The van der Waals surface area contributed by atoms with Crippen LogP contribution < -0.4 is 21.5 Å². The summed E-state index contributed by atoms with van der Waals surface area (Å²) in [6.45, 7) is 7.93. The van der Waals surface area contributed by atoms with Crippen molar-refractivity contribution in [1.82, 2.24) is 5.32 Å². The normalized spacial score (nSPS) is 12.9. The van der Waals surface area contributed by atoms with Gasteiger partial charge in [0.05, 0.1) is 0 Å². The second kappa shape index (κ2) is 11.4. The van der Waals surface area contributed by atoms with E-state index in [9.17, 15) is 9.59 Å². The van der Waals surface area contributed by atoms with E-state index < -0.39 is 12.2 Å². The molecule has 2 atom stereocenters. The molecule has 0 spiro atoms. The van der Waals surface area contributed by atoms with Crippen molar-refractivity contribution < 1.29 is 19.1 Å². The average molecular weight is 380 g/mol. The Labute approximate surface area is 161 Å². The largest absolute Gasteiger partial charge is 0.445 e. The maximum atomic E-state index is 12.4. The van der Waals surface area contributed by atoms with Gasteiger partial charge in [-0.25, -0.2) is 9.59 Å². The Hall–Kier alpha value is -2.28. The fraction of sp³-hybridized carbons (Fsp3) is 0.600. The molecule has 7 heteroatoms. The van der Waals surface area contributed by atoms with Gasteiger partial charge in [-0.05, 0) is 55.5 Å². The Morgan fingerprint density at radius 1 is 1.11 bits per heavy atom. The lowest BCUT2D eigenvalue weighted by Crippen LogP contribution is -2.48. The smallest absolute Gasteiger partial charge is 0.412 e. The van der Waals surface area contributed by atoms with E-state index in [0.717, 1.165) is 48.8 Å². The first-order valence-electron chi connectivity index (χ1n) is 9.54. The fourth-order valence-electron chi connectivity index (χ4n) is 3.06. The number of hydrogen-bond donors (Lipinski definition) is 3. The van der Waals surface area contributed by atoms with E-state index in [2.05, 4.69) is 19.2 Å². The van der Waals surface area contributed by atoms with Gasteiger partial charge in [-0.3, -0.25) is 0 Å². The van der Waals surface area contributed by atoms with E-state index in [1.54, 1.807) is 12.1 Å². The van der Waals surface area contributed by atoms with Gasteiger partial charge in [0.2, 0.25) is 0 Å². The summed E-state index contributed by atoms with van der Waals surface area (Å²) in [7, 11) is 0. The number of aryl methyl sites for hydroxylation is 2. The van der Waals surface area contributed by atoms with Crippen LogP contribution in [0.25, 0.3) is 0 Å². The number of nitrogens with two attached hydrogens (primary N) is 2. The quantitative estimate of drug-likeness (QED) is 0.573. The molecule has 0 aliphatic rings. The van der Waals surface area contributed by atoms with Gasteiger partial charge in [0.15, 0.2) is 0 Å². The number of unbranched alkanes of at least 4 members (excludes halogenated alkanes) is 1. The molecule has 152 valence electrons. The van der Waals surface area contributed by atoms with Crippen molar-refractivity contribution in [3.05, 3.63) is 28.8 Å². The maximum Gasteiger partial charge on any atom is 0.412 e. The first kappa shape index (κ1) is 22.8. The summed E-state index contributed by atoms with van der Waals surface area (Å²) in [5.41, 5.74) is 13.6. The van der Waals surface area contributed by atoms with Gasteiger partial charge in [-0.2, -0.15) is 0 Å². The number of benzene rings is 1.